The Labute approximate surface area is 71.5 Å². The molecular weight excluding hydrogens is 152 g/mol. The van der Waals surface area contributed by atoms with Crippen molar-refractivity contribution < 1.29 is 0 Å². The largest absolute Gasteiger partial charge is 0.341 e. The van der Waals surface area contributed by atoms with Gasteiger partial charge in [-0.1, -0.05) is 32.1 Å². The summed E-state index contributed by atoms with van der Waals surface area (Å²) in [6.45, 7) is 0. The van der Waals surface area contributed by atoms with Crippen LogP contribution in [0.4, 0.5) is 0 Å². The van der Waals surface area contributed by atoms with Crippen LogP contribution in [-0.4, -0.2) is 27.8 Å². The second-order valence-corrected chi connectivity index (χ2v) is 6.81. The van der Waals surface area contributed by atoms with Crippen LogP contribution in [0.1, 0.15) is 32.1 Å². The molecule has 3 heteroatoms. The predicted molar refractivity (Wildman–Crippen MR) is 51.9 cm³/mol. The molecule has 1 rings (SSSR count). The van der Waals surface area contributed by atoms with Crippen LogP contribution in [0.15, 0.2) is 0 Å². The van der Waals surface area contributed by atoms with E-state index >= 15 is 0 Å². The second kappa shape index (κ2) is 4.23. The van der Waals surface area contributed by atoms with Gasteiger partial charge in [0.1, 0.15) is 0 Å². The Bertz CT molecular complexity index is 111. The summed E-state index contributed by atoms with van der Waals surface area (Å²) in [7, 11) is 3.24. The SMILES string of the molecule is CN(C)[SiH](N)C1CCCCC1. The van der Waals surface area contributed by atoms with E-state index in [1.165, 1.54) is 32.1 Å². The van der Waals surface area contributed by atoms with Crippen molar-refractivity contribution in [1.82, 2.24) is 4.57 Å². The van der Waals surface area contributed by atoms with Gasteiger partial charge >= 0.3 is 0 Å². The minimum atomic E-state index is -1.02. The zero-order chi connectivity index (χ0) is 8.27. The van der Waals surface area contributed by atoms with Gasteiger partial charge < -0.3 is 9.96 Å². The van der Waals surface area contributed by atoms with Crippen LogP contribution in [-0.2, 0) is 0 Å². The summed E-state index contributed by atoms with van der Waals surface area (Å²) in [4.78, 5) is 0. The molecule has 1 aliphatic carbocycles. The fourth-order valence-corrected chi connectivity index (χ4v) is 3.90. The lowest BCUT2D eigenvalue weighted by atomic mass is 10.0. The van der Waals surface area contributed by atoms with Gasteiger partial charge in [0.05, 0.1) is 0 Å². The molecule has 1 fully saturated rings. The first-order valence-corrected chi connectivity index (χ1v) is 6.49. The van der Waals surface area contributed by atoms with Gasteiger partial charge in [-0.25, -0.2) is 0 Å². The van der Waals surface area contributed by atoms with Gasteiger partial charge in [0, 0.05) is 0 Å². The van der Waals surface area contributed by atoms with E-state index < -0.39 is 9.12 Å². The third-order valence-corrected chi connectivity index (χ3v) is 5.55. The zero-order valence-corrected chi connectivity index (χ0v) is 8.87. The lowest BCUT2D eigenvalue weighted by molar-refractivity contribution is 0.471. The van der Waals surface area contributed by atoms with Gasteiger partial charge in [-0.05, 0) is 19.6 Å². The van der Waals surface area contributed by atoms with Gasteiger partial charge in [0.2, 0.25) is 0 Å². The van der Waals surface area contributed by atoms with Gasteiger partial charge in [0.25, 0.3) is 0 Å². The summed E-state index contributed by atoms with van der Waals surface area (Å²) < 4.78 is 2.27. The molecule has 0 bridgehead atoms. The smallest absolute Gasteiger partial charge is 0.187 e. The second-order valence-electron chi connectivity index (χ2n) is 3.85. The molecule has 2 nitrogen and oxygen atoms in total. The summed E-state index contributed by atoms with van der Waals surface area (Å²) in [6.07, 6.45) is 7.06. The molecule has 1 aliphatic rings. The van der Waals surface area contributed by atoms with E-state index in [-0.39, 0.29) is 0 Å². The van der Waals surface area contributed by atoms with Crippen molar-refractivity contribution in [2.45, 2.75) is 37.6 Å². The predicted octanol–water partition coefficient (Wildman–Crippen LogP) is 1.06. The quantitative estimate of drug-likeness (QED) is 0.631. The van der Waals surface area contributed by atoms with E-state index in [1.54, 1.807) is 0 Å². The molecule has 0 aromatic heterocycles. The molecule has 0 aromatic rings. The van der Waals surface area contributed by atoms with E-state index in [1.807, 2.05) is 0 Å². The molecule has 1 atom stereocenters. The maximum atomic E-state index is 6.16. The summed E-state index contributed by atoms with van der Waals surface area (Å²) >= 11 is 0. The Hall–Kier alpha value is 0.137. The topological polar surface area (TPSA) is 29.3 Å². The summed E-state index contributed by atoms with van der Waals surface area (Å²) in [5.74, 6) is 0. The normalized spacial score (nSPS) is 24.0. The number of nitrogens with zero attached hydrogens (tertiary/aromatic N) is 1. The van der Waals surface area contributed by atoms with E-state index in [0.29, 0.717) is 0 Å². The monoisotopic (exact) mass is 172 g/mol. The Balaban J connectivity index is 2.32. The minimum Gasteiger partial charge on any atom is -0.341 e. The summed E-state index contributed by atoms with van der Waals surface area (Å²) in [5.41, 5.74) is 0.888. The Morgan fingerprint density at radius 2 is 1.73 bits per heavy atom. The first kappa shape index (κ1) is 9.23. The van der Waals surface area contributed by atoms with Crippen LogP contribution in [0.25, 0.3) is 0 Å². The van der Waals surface area contributed by atoms with Crippen LogP contribution in [0, 0.1) is 0 Å². The van der Waals surface area contributed by atoms with Gasteiger partial charge in [-0.2, -0.15) is 0 Å². The van der Waals surface area contributed by atoms with Gasteiger partial charge in [-0.15, -0.1) is 0 Å². The van der Waals surface area contributed by atoms with Crippen molar-refractivity contribution in [2.24, 2.45) is 5.40 Å². The van der Waals surface area contributed by atoms with Crippen LogP contribution < -0.4 is 5.40 Å². The van der Waals surface area contributed by atoms with Crippen molar-refractivity contribution in [2.75, 3.05) is 14.1 Å². The van der Waals surface area contributed by atoms with Crippen molar-refractivity contribution >= 4 is 9.12 Å². The number of rotatable bonds is 2. The van der Waals surface area contributed by atoms with E-state index in [2.05, 4.69) is 18.7 Å². The van der Waals surface area contributed by atoms with Gasteiger partial charge in [-0.3, -0.25) is 0 Å². The number of hydrogen-bond acceptors (Lipinski definition) is 2. The van der Waals surface area contributed by atoms with Crippen LogP contribution in [0.2, 0.25) is 5.54 Å². The fraction of sp³-hybridized carbons (Fsp3) is 1.00. The first-order chi connectivity index (χ1) is 5.22. The average Bonchev–Trinajstić information content (AvgIpc) is 2.05. The Morgan fingerprint density at radius 3 is 2.18 bits per heavy atom. The number of nitrogens with two attached hydrogens (primary N) is 1. The van der Waals surface area contributed by atoms with Crippen LogP contribution in [0.3, 0.4) is 0 Å². The third kappa shape index (κ3) is 2.58. The van der Waals surface area contributed by atoms with Gasteiger partial charge in [0.15, 0.2) is 9.12 Å². The van der Waals surface area contributed by atoms with E-state index in [0.717, 1.165) is 5.54 Å². The molecule has 0 heterocycles. The lowest BCUT2D eigenvalue weighted by Gasteiger charge is -2.29. The maximum absolute atomic E-state index is 6.16. The molecule has 0 radical (unpaired) electrons. The molecule has 0 aliphatic heterocycles. The van der Waals surface area contributed by atoms with Crippen molar-refractivity contribution in [3.05, 3.63) is 0 Å². The zero-order valence-electron chi connectivity index (χ0n) is 7.71. The Kier molecular flexibility index (Phi) is 3.55. The molecule has 2 N–H and O–H groups in total. The highest BCUT2D eigenvalue weighted by molar-refractivity contribution is 6.53. The maximum Gasteiger partial charge on any atom is 0.187 e. The minimum absolute atomic E-state index is 0.888. The molecule has 11 heavy (non-hydrogen) atoms. The lowest BCUT2D eigenvalue weighted by Crippen LogP contribution is -2.46. The summed E-state index contributed by atoms with van der Waals surface area (Å²) in [5, 5.41) is 6.16. The van der Waals surface area contributed by atoms with Crippen molar-refractivity contribution in [1.29, 1.82) is 0 Å². The molecule has 1 saturated carbocycles. The fourth-order valence-electron chi connectivity index (χ4n) is 1.90. The number of hydrogen-bond donors (Lipinski definition) is 1. The molecule has 1 unspecified atom stereocenters. The molecule has 0 aromatic carbocycles. The summed E-state index contributed by atoms with van der Waals surface area (Å²) in [6, 6.07) is 0. The highest BCUT2D eigenvalue weighted by Crippen LogP contribution is 2.29. The molecule has 0 spiro atoms. The molecular formula is C8H20N2Si. The van der Waals surface area contributed by atoms with Crippen molar-refractivity contribution in [3.8, 4) is 0 Å². The highest BCUT2D eigenvalue weighted by atomic mass is 28.3. The molecule has 66 valence electrons. The highest BCUT2D eigenvalue weighted by Gasteiger charge is 2.23. The average molecular weight is 172 g/mol. The van der Waals surface area contributed by atoms with Crippen LogP contribution in [0.5, 0.6) is 0 Å². The van der Waals surface area contributed by atoms with E-state index in [4.69, 9.17) is 5.40 Å². The van der Waals surface area contributed by atoms with Crippen molar-refractivity contribution in [3.63, 3.8) is 0 Å². The standard InChI is InChI=1S/C8H20N2Si/c1-10(2)11(9)8-6-4-3-5-7-8/h8,11H,3-7,9H2,1-2H3. The first-order valence-electron chi connectivity index (χ1n) is 4.64. The molecule has 0 amide bonds. The molecule has 0 saturated heterocycles. The van der Waals surface area contributed by atoms with Crippen LogP contribution >= 0.6 is 0 Å². The third-order valence-electron chi connectivity index (χ3n) is 2.73. The Morgan fingerprint density at radius 1 is 1.18 bits per heavy atom. The van der Waals surface area contributed by atoms with E-state index in [9.17, 15) is 0 Å².